The molecule has 1 atom stereocenters. The van der Waals surface area contributed by atoms with Crippen molar-refractivity contribution in [2.45, 2.75) is 17.9 Å². The number of ether oxygens (including phenoxy) is 2. The van der Waals surface area contributed by atoms with Crippen LogP contribution in [0, 0.1) is 0 Å². The third kappa shape index (κ3) is 5.85. The van der Waals surface area contributed by atoms with E-state index in [2.05, 4.69) is 14.3 Å². The lowest BCUT2D eigenvalue weighted by Crippen LogP contribution is -2.45. The van der Waals surface area contributed by atoms with E-state index in [0.717, 1.165) is 0 Å². The summed E-state index contributed by atoms with van der Waals surface area (Å²) in [6.45, 7) is 0.845. The van der Waals surface area contributed by atoms with Crippen LogP contribution in [0.15, 0.2) is 29.2 Å². The normalized spacial score (nSPS) is 12.3. The van der Waals surface area contributed by atoms with Crippen molar-refractivity contribution >= 4 is 21.9 Å². The molecule has 1 rings (SSSR count). The standard InChI is InChI=1S/C13H18N2O7S/c1-9(13(17)14-22-8-12(16)21-3)15-23(18,19)11-6-4-10(20-2)5-7-11/h4-7,9,15H,8H2,1-3H3,(H,14,17). The van der Waals surface area contributed by atoms with E-state index in [1.54, 1.807) is 0 Å². The van der Waals surface area contributed by atoms with E-state index in [4.69, 9.17) is 4.74 Å². The van der Waals surface area contributed by atoms with Gasteiger partial charge in [-0.25, -0.2) is 18.7 Å². The molecule has 0 spiro atoms. The minimum atomic E-state index is -3.89. The second-order valence-electron chi connectivity index (χ2n) is 4.35. The maximum atomic E-state index is 12.1. The van der Waals surface area contributed by atoms with Crippen LogP contribution in [-0.2, 0) is 29.2 Å². The topological polar surface area (TPSA) is 120 Å². The first-order chi connectivity index (χ1) is 10.8. The first-order valence-corrected chi connectivity index (χ1v) is 7.93. The molecule has 0 heterocycles. The van der Waals surface area contributed by atoms with Gasteiger partial charge >= 0.3 is 5.97 Å². The lowest BCUT2D eigenvalue weighted by Gasteiger charge is -2.14. The maximum Gasteiger partial charge on any atom is 0.334 e. The number of methoxy groups -OCH3 is 2. The number of hydrogen-bond acceptors (Lipinski definition) is 7. The number of hydroxylamine groups is 1. The minimum Gasteiger partial charge on any atom is -0.497 e. The lowest BCUT2D eigenvalue weighted by molar-refractivity contribution is -0.152. The van der Waals surface area contributed by atoms with E-state index < -0.39 is 34.5 Å². The van der Waals surface area contributed by atoms with E-state index in [9.17, 15) is 18.0 Å². The molecule has 1 aromatic rings. The molecule has 9 nitrogen and oxygen atoms in total. The molecule has 0 radical (unpaired) electrons. The van der Waals surface area contributed by atoms with Crippen LogP contribution in [0.25, 0.3) is 0 Å². The molecule has 0 aliphatic heterocycles. The summed E-state index contributed by atoms with van der Waals surface area (Å²) < 4.78 is 35.7. The fraction of sp³-hybridized carbons (Fsp3) is 0.385. The summed E-state index contributed by atoms with van der Waals surface area (Å²) in [6, 6.07) is 4.55. The van der Waals surface area contributed by atoms with Crippen molar-refractivity contribution in [3.63, 3.8) is 0 Å². The Kier molecular flexibility index (Phi) is 6.94. The first-order valence-electron chi connectivity index (χ1n) is 6.45. The Hall–Kier alpha value is -2.17. The molecule has 0 bridgehead atoms. The fourth-order valence-electron chi connectivity index (χ4n) is 1.42. The molecule has 0 aliphatic carbocycles. The van der Waals surface area contributed by atoms with Gasteiger partial charge in [-0.05, 0) is 31.2 Å². The number of rotatable bonds is 8. The van der Waals surface area contributed by atoms with Crippen LogP contribution in [0.5, 0.6) is 5.75 Å². The summed E-state index contributed by atoms with van der Waals surface area (Å²) in [5, 5.41) is 0. The molecular weight excluding hydrogens is 328 g/mol. The van der Waals surface area contributed by atoms with Gasteiger partial charge in [0, 0.05) is 0 Å². The monoisotopic (exact) mass is 346 g/mol. The van der Waals surface area contributed by atoms with E-state index in [1.807, 2.05) is 5.48 Å². The van der Waals surface area contributed by atoms with E-state index in [-0.39, 0.29) is 4.90 Å². The zero-order valence-corrected chi connectivity index (χ0v) is 13.7. The van der Waals surface area contributed by atoms with Gasteiger partial charge in [-0.15, -0.1) is 0 Å². The molecule has 2 N–H and O–H groups in total. The molecular formula is C13H18N2O7S. The zero-order valence-electron chi connectivity index (χ0n) is 12.9. The van der Waals surface area contributed by atoms with Crippen LogP contribution in [-0.4, -0.2) is 47.2 Å². The second-order valence-corrected chi connectivity index (χ2v) is 6.06. The summed E-state index contributed by atoms with van der Waals surface area (Å²) in [5.74, 6) is -0.936. The molecule has 1 amide bonds. The van der Waals surface area contributed by atoms with Crippen molar-refractivity contribution in [1.82, 2.24) is 10.2 Å². The number of benzene rings is 1. The lowest BCUT2D eigenvalue weighted by atomic mass is 10.3. The molecule has 10 heteroatoms. The average Bonchev–Trinajstić information content (AvgIpc) is 2.54. The van der Waals surface area contributed by atoms with Crippen molar-refractivity contribution in [2.75, 3.05) is 20.8 Å². The number of esters is 1. The van der Waals surface area contributed by atoms with Gasteiger partial charge in [0.2, 0.25) is 10.0 Å². The van der Waals surface area contributed by atoms with Gasteiger partial charge in [0.1, 0.15) is 11.8 Å². The van der Waals surface area contributed by atoms with Crippen LogP contribution in [0.1, 0.15) is 6.92 Å². The quantitative estimate of drug-likeness (QED) is 0.484. The molecule has 1 unspecified atom stereocenters. The SMILES string of the molecule is COC(=O)CONC(=O)C(C)NS(=O)(=O)c1ccc(OC)cc1. The molecule has 0 aromatic heterocycles. The van der Waals surface area contributed by atoms with Gasteiger partial charge in [-0.3, -0.25) is 9.63 Å². The summed E-state index contributed by atoms with van der Waals surface area (Å²) in [5.41, 5.74) is 1.95. The smallest absolute Gasteiger partial charge is 0.334 e. The Labute approximate surface area is 133 Å². The minimum absolute atomic E-state index is 0.0200. The van der Waals surface area contributed by atoms with Gasteiger partial charge < -0.3 is 9.47 Å². The van der Waals surface area contributed by atoms with Crippen molar-refractivity contribution in [3.8, 4) is 5.75 Å². The van der Waals surface area contributed by atoms with Gasteiger partial charge in [0.05, 0.1) is 19.1 Å². The van der Waals surface area contributed by atoms with Crippen LogP contribution >= 0.6 is 0 Å². The van der Waals surface area contributed by atoms with Crippen molar-refractivity contribution < 1.29 is 32.3 Å². The number of nitrogens with one attached hydrogen (secondary N) is 2. The summed E-state index contributed by atoms with van der Waals surface area (Å²) in [6.07, 6.45) is 0. The highest BCUT2D eigenvalue weighted by Gasteiger charge is 2.22. The van der Waals surface area contributed by atoms with Gasteiger partial charge in [-0.1, -0.05) is 0 Å². The Bertz CT molecular complexity index is 643. The molecule has 23 heavy (non-hydrogen) atoms. The fourth-order valence-corrected chi connectivity index (χ4v) is 2.63. The summed E-state index contributed by atoms with van der Waals surface area (Å²) in [4.78, 5) is 27.1. The number of amides is 1. The average molecular weight is 346 g/mol. The molecule has 0 saturated heterocycles. The van der Waals surface area contributed by atoms with E-state index >= 15 is 0 Å². The van der Waals surface area contributed by atoms with Gasteiger partial charge in [-0.2, -0.15) is 4.72 Å². The first kappa shape index (κ1) is 18.9. The summed E-state index contributed by atoms with van der Waals surface area (Å²) >= 11 is 0. The third-order valence-corrected chi connectivity index (χ3v) is 4.24. The van der Waals surface area contributed by atoms with Crippen molar-refractivity contribution in [2.24, 2.45) is 0 Å². The maximum absolute atomic E-state index is 12.1. The van der Waals surface area contributed by atoms with Crippen molar-refractivity contribution in [1.29, 1.82) is 0 Å². The Morgan fingerprint density at radius 1 is 1.17 bits per heavy atom. The Balaban J connectivity index is 2.61. The zero-order chi connectivity index (χ0) is 17.5. The largest absolute Gasteiger partial charge is 0.497 e. The Morgan fingerprint density at radius 2 is 1.78 bits per heavy atom. The second kappa shape index (κ2) is 8.46. The Morgan fingerprint density at radius 3 is 2.30 bits per heavy atom. The van der Waals surface area contributed by atoms with E-state index in [0.29, 0.717) is 5.75 Å². The van der Waals surface area contributed by atoms with Crippen LogP contribution in [0.3, 0.4) is 0 Å². The molecule has 0 aliphatic rings. The molecule has 0 saturated carbocycles. The highest BCUT2D eigenvalue weighted by Crippen LogP contribution is 2.15. The molecule has 128 valence electrons. The predicted octanol–water partition coefficient (Wildman–Crippen LogP) is -0.417. The van der Waals surface area contributed by atoms with Gasteiger partial charge in [0.25, 0.3) is 5.91 Å². The molecule has 0 fully saturated rings. The predicted molar refractivity (Wildman–Crippen MR) is 78.9 cm³/mol. The van der Waals surface area contributed by atoms with Crippen LogP contribution < -0.4 is 14.9 Å². The van der Waals surface area contributed by atoms with Crippen molar-refractivity contribution in [3.05, 3.63) is 24.3 Å². The van der Waals surface area contributed by atoms with Gasteiger partial charge in [0.15, 0.2) is 6.61 Å². The van der Waals surface area contributed by atoms with E-state index in [1.165, 1.54) is 45.4 Å². The number of hydrogen-bond donors (Lipinski definition) is 2. The number of carbonyl (C=O) groups excluding carboxylic acids is 2. The van der Waals surface area contributed by atoms with Crippen LogP contribution in [0.2, 0.25) is 0 Å². The highest BCUT2D eigenvalue weighted by molar-refractivity contribution is 7.89. The number of sulfonamides is 1. The third-order valence-electron chi connectivity index (χ3n) is 2.69. The summed E-state index contributed by atoms with van der Waals surface area (Å²) in [7, 11) is -1.26. The number of carbonyl (C=O) groups is 2. The van der Waals surface area contributed by atoms with Crippen LogP contribution in [0.4, 0.5) is 0 Å². The molecule has 1 aromatic carbocycles. The highest BCUT2D eigenvalue weighted by atomic mass is 32.2.